The third-order valence-corrected chi connectivity index (χ3v) is 2.29. The smallest absolute Gasteiger partial charge is 0.131 e. The molecule has 0 aliphatic heterocycles. The van der Waals surface area contributed by atoms with Crippen LogP contribution in [0.5, 0.6) is 17.2 Å². The Morgan fingerprint density at radius 3 is 2.22 bits per heavy atom. The lowest BCUT2D eigenvalue weighted by Gasteiger charge is -2.11. The molecule has 2 radical (unpaired) electrons. The van der Waals surface area contributed by atoms with E-state index < -0.39 is 0 Å². The number of benzene rings is 2. The molecule has 0 unspecified atom stereocenters. The zero-order valence-corrected chi connectivity index (χ0v) is 10.6. The van der Waals surface area contributed by atoms with Gasteiger partial charge in [0.15, 0.2) is 0 Å². The van der Waals surface area contributed by atoms with Gasteiger partial charge in [-0.05, 0) is 38.1 Å². The molecule has 0 spiro atoms. The van der Waals surface area contributed by atoms with Crippen LogP contribution in [0.3, 0.4) is 0 Å². The quantitative estimate of drug-likeness (QED) is 0.762. The number of hydrogen-bond acceptors (Lipinski definition) is 2. The molecular formula is C15H15BO2. The molecule has 0 heterocycles. The lowest BCUT2D eigenvalue weighted by atomic mass is 9.97. The molecule has 2 aromatic carbocycles. The van der Waals surface area contributed by atoms with Crippen molar-refractivity contribution in [3.63, 3.8) is 0 Å². The normalized spacial score (nSPS) is 10.4. The highest BCUT2D eigenvalue weighted by molar-refractivity contribution is 6.32. The van der Waals surface area contributed by atoms with Crippen molar-refractivity contribution in [1.29, 1.82) is 0 Å². The van der Waals surface area contributed by atoms with Crippen LogP contribution in [0.4, 0.5) is 0 Å². The van der Waals surface area contributed by atoms with Crippen molar-refractivity contribution in [2.45, 2.75) is 20.0 Å². The van der Waals surface area contributed by atoms with E-state index in [1.807, 2.05) is 62.4 Å². The maximum Gasteiger partial charge on any atom is 0.131 e. The second-order valence-corrected chi connectivity index (χ2v) is 4.31. The first-order chi connectivity index (χ1) is 8.63. The van der Waals surface area contributed by atoms with Crippen LogP contribution in [-0.4, -0.2) is 14.0 Å². The molecule has 0 N–H and O–H groups in total. The fraction of sp³-hybridized carbons (Fsp3) is 0.200. The number of ether oxygens (including phenoxy) is 2. The van der Waals surface area contributed by atoms with Gasteiger partial charge in [-0.15, -0.1) is 0 Å². The molecule has 3 heteroatoms. The van der Waals surface area contributed by atoms with Gasteiger partial charge in [-0.25, -0.2) is 0 Å². The molecule has 0 bridgehead atoms. The van der Waals surface area contributed by atoms with E-state index >= 15 is 0 Å². The Bertz CT molecular complexity index is 506. The zero-order valence-electron chi connectivity index (χ0n) is 10.6. The summed E-state index contributed by atoms with van der Waals surface area (Å²) in [4.78, 5) is 0. The molecule has 0 aliphatic rings. The van der Waals surface area contributed by atoms with E-state index in [0.717, 1.165) is 22.7 Å². The minimum Gasteiger partial charge on any atom is -0.491 e. The van der Waals surface area contributed by atoms with Crippen LogP contribution in [-0.2, 0) is 0 Å². The zero-order chi connectivity index (χ0) is 13.0. The highest BCUT2D eigenvalue weighted by Gasteiger charge is 2.01. The summed E-state index contributed by atoms with van der Waals surface area (Å²) in [5.74, 6) is 2.31. The van der Waals surface area contributed by atoms with Gasteiger partial charge in [-0.3, -0.25) is 0 Å². The first kappa shape index (κ1) is 12.6. The molecule has 0 aliphatic carbocycles. The topological polar surface area (TPSA) is 18.5 Å². The van der Waals surface area contributed by atoms with Crippen molar-refractivity contribution in [1.82, 2.24) is 0 Å². The molecule has 0 aromatic heterocycles. The molecular weight excluding hydrogens is 223 g/mol. The van der Waals surface area contributed by atoms with Crippen molar-refractivity contribution in [3.05, 3.63) is 48.5 Å². The van der Waals surface area contributed by atoms with Gasteiger partial charge in [0.1, 0.15) is 25.1 Å². The average Bonchev–Trinajstić information content (AvgIpc) is 2.32. The van der Waals surface area contributed by atoms with Crippen molar-refractivity contribution in [2.24, 2.45) is 0 Å². The van der Waals surface area contributed by atoms with Gasteiger partial charge in [0.25, 0.3) is 0 Å². The predicted molar refractivity (Wildman–Crippen MR) is 74.1 cm³/mol. The van der Waals surface area contributed by atoms with Crippen LogP contribution in [0.25, 0.3) is 0 Å². The van der Waals surface area contributed by atoms with Gasteiger partial charge in [-0.2, -0.15) is 0 Å². The number of rotatable bonds is 4. The summed E-state index contributed by atoms with van der Waals surface area (Å²) in [5, 5.41) is 0. The van der Waals surface area contributed by atoms with Gasteiger partial charge in [-0.1, -0.05) is 23.7 Å². The lowest BCUT2D eigenvalue weighted by Crippen LogP contribution is -2.05. The molecule has 0 amide bonds. The third-order valence-electron chi connectivity index (χ3n) is 2.29. The Morgan fingerprint density at radius 1 is 0.889 bits per heavy atom. The largest absolute Gasteiger partial charge is 0.491 e. The van der Waals surface area contributed by atoms with Crippen LogP contribution >= 0.6 is 0 Å². The fourth-order valence-corrected chi connectivity index (χ4v) is 1.56. The summed E-state index contributed by atoms with van der Waals surface area (Å²) in [7, 11) is 5.62. The lowest BCUT2D eigenvalue weighted by molar-refractivity contribution is 0.241. The van der Waals surface area contributed by atoms with Crippen LogP contribution < -0.4 is 14.9 Å². The van der Waals surface area contributed by atoms with Gasteiger partial charge in [0, 0.05) is 6.07 Å². The van der Waals surface area contributed by atoms with E-state index in [1.165, 1.54) is 0 Å². The monoisotopic (exact) mass is 238 g/mol. The van der Waals surface area contributed by atoms with Gasteiger partial charge in [0.2, 0.25) is 0 Å². The summed E-state index contributed by atoms with van der Waals surface area (Å²) in [6, 6.07) is 14.9. The van der Waals surface area contributed by atoms with Crippen LogP contribution in [0.2, 0.25) is 0 Å². The first-order valence-electron chi connectivity index (χ1n) is 5.93. The predicted octanol–water partition coefficient (Wildman–Crippen LogP) is 3.06. The van der Waals surface area contributed by atoms with E-state index in [-0.39, 0.29) is 6.10 Å². The highest BCUT2D eigenvalue weighted by atomic mass is 16.5. The molecule has 18 heavy (non-hydrogen) atoms. The third kappa shape index (κ3) is 3.55. The number of hydrogen-bond donors (Lipinski definition) is 0. The first-order valence-corrected chi connectivity index (χ1v) is 5.93. The van der Waals surface area contributed by atoms with Crippen molar-refractivity contribution < 1.29 is 9.47 Å². The fourth-order valence-electron chi connectivity index (χ4n) is 1.56. The van der Waals surface area contributed by atoms with E-state index in [9.17, 15) is 0 Å². The minimum atomic E-state index is 0.150. The summed E-state index contributed by atoms with van der Waals surface area (Å²) in [6.45, 7) is 3.99. The van der Waals surface area contributed by atoms with Crippen molar-refractivity contribution in [3.8, 4) is 17.2 Å². The summed E-state index contributed by atoms with van der Waals surface area (Å²) < 4.78 is 11.3. The molecule has 2 aromatic rings. The van der Waals surface area contributed by atoms with Crippen LogP contribution in [0.15, 0.2) is 48.5 Å². The van der Waals surface area contributed by atoms with E-state index in [4.69, 9.17) is 17.3 Å². The Kier molecular flexibility index (Phi) is 3.93. The maximum atomic E-state index is 5.72. The summed E-state index contributed by atoms with van der Waals surface area (Å²) in [5.41, 5.74) is 0.722. The molecule has 0 atom stereocenters. The maximum absolute atomic E-state index is 5.72. The molecule has 2 nitrogen and oxygen atoms in total. The Morgan fingerprint density at radius 2 is 1.56 bits per heavy atom. The molecule has 0 fully saturated rings. The van der Waals surface area contributed by atoms with Crippen LogP contribution in [0, 0.1) is 0 Å². The van der Waals surface area contributed by atoms with Gasteiger partial charge < -0.3 is 9.47 Å². The minimum absolute atomic E-state index is 0.150. The highest BCUT2D eigenvalue weighted by Crippen LogP contribution is 2.25. The second-order valence-electron chi connectivity index (χ2n) is 4.31. The Hall–Kier alpha value is -1.90. The van der Waals surface area contributed by atoms with Gasteiger partial charge >= 0.3 is 0 Å². The molecule has 2 rings (SSSR count). The average molecular weight is 238 g/mol. The van der Waals surface area contributed by atoms with E-state index in [1.54, 1.807) is 0 Å². The SMILES string of the molecule is [B]c1ccc(Oc2cccc(OC(C)C)c2)cc1. The Balaban J connectivity index is 2.11. The molecule has 0 saturated heterocycles. The molecule has 0 saturated carbocycles. The Labute approximate surface area is 109 Å². The van der Waals surface area contributed by atoms with Gasteiger partial charge in [0.05, 0.1) is 6.10 Å². The standard InChI is InChI=1S/C15H15BO2/c1-11(2)17-14-4-3-5-15(10-14)18-13-8-6-12(16)7-9-13/h3-11H,1-2H3. The van der Waals surface area contributed by atoms with Crippen molar-refractivity contribution >= 4 is 13.3 Å². The molecule has 90 valence electrons. The van der Waals surface area contributed by atoms with Crippen LogP contribution in [0.1, 0.15) is 13.8 Å². The second kappa shape index (κ2) is 5.63. The van der Waals surface area contributed by atoms with E-state index in [2.05, 4.69) is 0 Å². The van der Waals surface area contributed by atoms with E-state index in [0.29, 0.717) is 0 Å². The summed E-state index contributed by atoms with van der Waals surface area (Å²) in [6.07, 6.45) is 0.150. The summed E-state index contributed by atoms with van der Waals surface area (Å²) >= 11 is 0. The van der Waals surface area contributed by atoms with Crippen molar-refractivity contribution in [2.75, 3.05) is 0 Å².